The van der Waals surface area contributed by atoms with Crippen molar-refractivity contribution in [1.29, 1.82) is 0 Å². The Bertz CT molecular complexity index is 308. The number of aromatic nitrogens is 2. The van der Waals surface area contributed by atoms with Crippen LogP contribution in [0.4, 0.5) is 0 Å². The molecular weight excluding hydrogens is 206 g/mol. The molecule has 0 spiro atoms. The zero-order chi connectivity index (χ0) is 11.2. The summed E-state index contributed by atoms with van der Waals surface area (Å²) in [5.74, 6) is 1.34. The fourth-order valence-electron chi connectivity index (χ4n) is 1.91. The molecule has 1 aliphatic rings. The standard InChI is InChI=1S/C11H19N3O2/c1-9-13-11(14-16-9)8-12-6-5-10-4-2-3-7-15-10/h10,12H,2-8H2,1H3. The Hall–Kier alpha value is -0.940. The van der Waals surface area contributed by atoms with Gasteiger partial charge in [0.2, 0.25) is 5.89 Å². The van der Waals surface area contributed by atoms with Gasteiger partial charge in [0.15, 0.2) is 5.82 Å². The van der Waals surface area contributed by atoms with Gasteiger partial charge in [0.05, 0.1) is 12.6 Å². The van der Waals surface area contributed by atoms with Crippen LogP contribution in [0.3, 0.4) is 0 Å². The zero-order valence-corrected chi connectivity index (χ0v) is 9.74. The van der Waals surface area contributed by atoms with Crippen molar-refractivity contribution in [3.05, 3.63) is 11.7 Å². The molecule has 0 saturated carbocycles. The zero-order valence-electron chi connectivity index (χ0n) is 9.74. The third-order valence-electron chi connectivity index (χ3n) is 2.77. The second-order valence-electron chi connectivity index (χ2n) is 4.18. The monoisotopic (exact) mass is 225 g/mol. The molecule has 0 amide bonds. The molecule has 1 N–H and O–H groups in total. The van der Waals surface area contributed by atoms with Gasteiger partial charge >= 0.3 is 0 Å². The quantitative estimate of drug-likeness (QED) is 0.768. The van der Waals surface area contributed by atoms with Gasteiger partial charge < -0.3 is 14.6 Å². The molecule has 90 valence electrons. The van der Waals surface area contributed by atoms with Crippen LogP contribution in [0, 0.1) is 6.92 Å². The third kappa shape index (κ3) is 3.57. The Morgan fingerprint density at radius 3 is 3.06 bits per heavy atom. The van der Waals surface area contributed by atoms with Crippen LogP contribution in [-0.2, 0) is 11.3 Å². The summed E-state index contributed by atoms with van der Waals surface area (Å²) in [5, 5.41) is 7.12. The van der Waals surface area contributed by atoms with Crippen LogP contribution in [0.15, 0.2) is 4.52 Å². The van der Waals surface area contributed by atoms with Crippen LogP contribution < -0.4 is 5.32 Å². The van der Waals surface area contributed by atoms with Gasteiger partial charge in [-0.05, 0) is 32.2 Å². The second-order valence-corrected chi connectivity index (χ2v) is 4.18. The maximum absolute atomic E-state index is 5.64. The highest BCUT2D eigenvalue weighted by atomic mass is 16.5. The first-order valence-electron chi connectivity index (χ1n) is 5.96. The van der Waals surface area contributed by atoms with Crippen molar-refractivity contribution in [2.75, 3.05) is 13.2 Å². The molecule has 1 aromatic rings. The highest BCUT2D eigenvalue weighted by molar-refractivity contribution is 4.82. The number of ether oxygens (including phenoxy) is 1. The van der Waals surface area contributed by atoms with Crippen LogP contribution in [-0.4, -0.2) is 29.4 Å². The number of rotatable bonds is 5. The smallest absolute Gasteiger partial charge is 0.223 e. The molecule has 5 heteroatoms. The molecule has 1 fully saturated rings. The van der Waals surface area contributed by atoms with E-state index in [4.69, 9.17) is 9.26 Å². The van der Waals surface area contributed by atoms with E-state index < -0.39 is 0 Å². The topological polar surface area (TPSA) is 60.2 Å². The summed E-state index contributed by atoms with van der Waals surface area (Å²) in [6.07, 6.45) is 5.22. The van der Waals surface area contributed by atoms with Gasteiger partial charge in [-0.25, -0.2) is 0 Å². The lowest BCUT2D eigenvalue weighted by Gasteiger charge is -2.22. The lowest BCUT2D eigenvalue weighted by molar-refractivity contribution is 0.0115. The van der Waals surface area contributed by atoms with Gasteiger partial charge in [0.25, 0.3) is 0 Å². The van der Waals surface area contributed by atoms with Gasteiger partial charge in [-0.3, -0.25) is 0 Å². The molecule has 1 saturated heterocycles. The van der Waals surface area contributed by atoms with Crippen molar-refractivity contribution >= 4 is 0 Å². The molecule has 1 atom stereocenters. The van der Waals surface area contributed by atoms with E-state index >= 15 is 0 Å². The lowest BCUT2D eigenvalue weighted by Crippen LogP contribution is -2.25. The van der Waals surface area contributed by atoms with Crippen molar-refractivity contribution in [2.24, 2.45) is 0 Å². The first-order chi connectivity index (χ1) is 7.84. The third-order valence-corrected chi connectivity index (χ3v) is 2.77. The van der Waals surface area contributed by atoms with E-state index in [1.807, 2.05) is 0 Å². The fraction of sp³-hybridized carbons (Fsp3) is 0.818. The SMILES string of the molecule is Cc1nc(CNCCC2CCCCO2)no1. The molecule has 0 aliphatic carbocycles. The van der Waals surface area contributed by atoms with Gasteiger partial charge in [-0.2, -0.15) is 4.98 Å². The average Bonchev–Trinajstić information content (AvgIpc) is 2.72. The largest absolute Gasteiger partial charge is 0.378 e. The van der Waals surface area contributed by atoms with E-state index in [0.717, 1.165) is 25.4 Å². The van der Waals surface area contributed by atoms with Gasteiger partial charge in [-0.1, -0.05) is 5.16 Å². The number of nitrogens with zero attached hydrogens (tertiary/aromatic N) is 2. The van der Waals surface area contributed by atoms with E-state index in [1.54, 1.807) is 6.92 Å². The van der Waals surface area contributed by atoms with Crippen molar-refractivity contribution in [2.45, 2.75) is 45.3 Å². The maximum atomic E-state index is 5.64. The fourth-order valence-corrected chi connectivity index (χ4v) is 1.91. The lowest BCUT2D eigenvalue weighted by atomic mass is 10.1. The van der Waals surface area contributed by atoms with Crippen LogP contribution in [0.1, 0.15) is 37.4 Å². The first kappa shape index (κ1) is 11.5. The molecule has 0 aromatic carbocycles. The molecular formula is C11H19N3O2. The van der Waals surface area contributed by atoms with Gasteiger partial charge in [0, 0.05) is 13.5 Å². The minimum atomic E-state index is 0.438. The van der Waals surface area contributed by atoms with Crippen LogP contribution in [0.2, 0.25) is 0 Å². The van der Waals surface area contributed by atoms with Crippen molar-refractivity contribution in [3.8, 4) is 0 Å². The summed E-state index contributed by atoms with van der Waals surface area (Å²) >= 11 is 0. The first-order valence-corrected chi connectivity index (χ1v) is 5.96. The van der Waals surface area contributed by atoms with E-state index in [0.29, 0.717) is 18.5 Å². The molecule has 16 heavy (non-hydrogen) atoms. The van der Waals surface area contributed by atoms with Gasteiger partial charge in [0.1, 0.15) is 0 Å². The Balaban J connectivity index is 1.57. The van der Waals surface area contributed by atoms with Crippen molar-refractivity contribution in [3.63, 3.8) is 0 Å². The summed E-state index contributed by atoms with van der Waals surface area (Å²) in [5.41, 5.74) is 0. The Labute approximate surface area is 95.6 Å². The maximum Gasteiger partial charge on any atom is 0.223 e. The Morgan fingerprint density at radius 1 is 1.44 bits per heavy atom. The predicted octanol–water partition coefficient (Wildman–Crippen LogP) is 1.43. The number of hydrogen-bond acceptors (Lipinski definition) is 5. The minimum Gasteiger partial charge on any atom is -0.378 e. The van der Waals surface area contributed by atoms with Crippen LogP contribution >= 0.6 is 0 Å². The molecule has 2 heterocycles. The highest BCUT2D eigenvalue weighted by Crippen LogP contribution is 2.14. The summed E-state index contributed by atoms with van der Waals surface area (Å²) in [6, 6.07) is 0. The predicted molar refractivity (Wildman–Crippen MR) is 58.9 cm³/mol. The number of nitrogens with one attached hydrogen (secondary N) is 1. The molecule has 0 bridgehead atoms. The van der Waals surface area contributed by atoms with Gasteiger partial charge in [-0.15, -0.1) is 0 Å². The number of hydrogen-bond donors (Lipinski definition) is 1. The Kier molecular flexibility index (Phi) is 4.30. The van der Waals surface area contributed by atoms with Crippen LogP contribution in [0.25, 0.3) is 0 Å². The molecule has 0 radical (unpaired) electrons. The van der Waals surface area contributed by atoms with E-state index in [2.05, 4.69) is 15.5 Å². The Morgan fingerprint density at radius 2 is 2.38 bits per heavy atom. The second kappa shape index (κ2) is 5.96. The summed E-state index contributed by atoms with van der Waals surface area (Å²) in [7, 11) is 0. The molecule has 2 rings (SSSR count). The molecule has 1 aliphatic heterocycles. The molecule has 1 unspecified atom stereocenters. The van der Waals surface area contributed by atoms with Crippen LogP contribution in [0.5, 0.6) is 0 Å². The minimum absolute atomic E-state index is 0.438. The summed E-state index contributed by atoms with van der Waals surface area (Å²) < 4.78 is 10.5. The molecule has 1 aromatic heterocycles. The summed E-state index contributed by atoms with van der Waals surface area (Å²) in [6.45, 7) is 4.34. The van der Waals surface area contributed by atoms with E-state index in [1.165, 1.54) is 19.3 Å². The number of aryl methyl sites for hydroxylation is 1. The highest BCUT2D eigenvalue weighted by Gasteiger charge is 2.12. The van der Waals surface area contributed by atoms with E-state index in [-0.39, 0.29) is 0 Å². The van der Waals surface area contributed by atoms with E-state index in [9.17, 15) is 0 Å². The average molecular weight is 225 g/mol. The molecule has 5 nitrogen and oxygen atoms in total. The normalized spacial score (nSPS) is 21.2. The summed E-state index contributed by atoms with van der Waals surface area (Å²) in [4.78, 5) is 4.12. The van der Waals surface area contributed by atoms with Crippen molar-refractivity contribution < 1.29 is 9.26 Å². The van der Waals surface area contributed by atoms with Crippen molar-refractivity contribution in [1.82, 2.24) is 15.5 Å².